The maximum atomic E-state index is 11.9. The van der Waals surface area contributed by atoms with Gasteiger partial charge in [-0.25, -0.2) is 4.98 Å². The van der Waals surface area contributed by atoms with Crippen LogP contribution in [0.25, 0.3) is 0 Å². The maximum Gasteiger partial charge on any atom is 0.254 e. The Kier molecular flexibility index (Phi) is 2.77. The van der Waals surface area contributed by atoms with E-state index in [0.29, 0.717) is 5.92 Å². The first kappa shape index (κ1) is 11.0. The second-order valence-electron chi connectivity index (χ2n) is 5.69. The molecular weight excluding hydrogens is 212 g/mol. The minimum atomic E-state index is 0.126. The molecule has 1 N–H and O–H groups in total. The summed E-state index contributed by atoms with van der Waals surface area (Å²) in [4.78, 5) is 19.7. The number of fused-ring (bicyclic) bond motifs is 1. The molecule has 0 amide bonds. The molecule has 1 aromatic heterocycles. The van der Waals surface area contributed by atoms with E-state index in [0.717, 1.165) is 42.3 Å². The zero-order valence-corrected chi connectivity index (χ0v) is 10.5. The average Bonchev–Trinajstić information content (AvgIpc) is 2.78. The first-order valence-corrected chi connectivity index (χ1v) is 6.86. The Labute approximate surface area is 102 Å². The lowest BCUT2D eigenvalue weighted by Crippen LogP contribution is -2.21. The number of nitrogens with one attached hydrogen (secondary N) is 1. The van der Waals surface area contributed by atoms with E-state index in [-0.39, 0.29) is 5.56 Å². The molecule has 17 heavy (non-hydrogen) atoms. The van der Waals surface area contributed by atoms with E-state index in [2.05, 4.69) is 11.9 Å². The molecule has 0 atom stereocenters. The molecule has 0 saturated heterocycles. The minimum absolute atomic E-state index is 0.126. The van der Waals surface area contributed by atoms with Crippen molar-refractivity contribution in [2.45, 2.75) is 57.8 Å². The van der Waals surface area contributed by atoms with E-state index in [4.69, 9.17) is 4.98 Å². The van der Waals surface area contributed by atoms with Crippen molar-refractivity contribution in [2.75, 3.05) is 0 Å². The van der Waals surface area contributed by atoms with Crippen LogP contribution in [0.5, 0.6) is 0 Å². The average molecular weight is 232 g/mol. The highest BCUT2D eigenvalue weighted by molar-refractivity contribution is 5.23. The van der Waals surface area contributed by atoms with Gasteiger partial charge in [-0.05, 0) is 38.0 Å². The van der Waals surface area contributed by atoms with Crippen LogP contribution in [-0.2, 0) is 12.8 Å². The summed E-state index contributed by atoms with van der Waals surface area (Å²) in [5, 5.41) is 0. The van der Waals surface area contributed by atoms with Crippen molar-refractivity contribution in [3.05, 3.63) is 27.4 Å². The highest BCUT2D eigenvalue weighted by Gasteiger charge is 2.24. The summed E-state index contributed by atoms with van der Waals surface area (Å²) in [6.45, 7) is 2.31. The smallest absolute Gasteiger partial charge is 0.254 e. The van der Waals surface area contributed by atoms with Crippen molar-refractivity contribution < 1.29 is 0 Å². The molecule has 3 nitrogen and oxygen atoms in total. The van der Waals surface area contributed by atoms with Gasteiger partial charge >= 0.3 is 0 Å². The summed E-state index contributed by atoms with van der Waals surface area (Å²) in [5.74, 6) is 2.29. The molecule has 1 saturated carbocycles. The Bertz CT molecular complexity index is 470. The Balaban J connectivity index is 1.89. The fourth-order valence-corrected chi connectivity index (χ4v) is 3.19. The van der Waals surface area contributed by atoms with E-state index >= 15 is 0 Å². The number of hydrogen-bond donors (Lipinski definition) is 1. The highest BCUT2D eigenvalue weighted by atomic mass is 16.1. The van der Waals surface area contributed by atoms with Crippen molar-refractivity contribution in [1.29, 1.82) is 0 Å². The molecule has 0 bridgehead atoms. The number of aromatic amines is 1. The summed E-state index contributed by atoms with van der Waals surface area (Å²) in [7, 11) is 0. The van der Waals surface area contributed by atoms with Gasteiger partial charge in [0.05, 0.1) is 5.69 Å². The molecule has 0 aliphatic heterocycles. The molecule has 2 aliphatic carbocycles. The van der Waals surface area contributed by atoms with Crippen molar-refractivity contribution in [1.82, 2.24) is 9.97 Å². The molecule has 3 heteroatoms. The fourth-order valence-electron chi connectivity index (χ4n) is 3.19. The van der Waals surface area contributed by atoms with Crippen LogP contribution >= 0.6 is 0 Å². The maximum absolute atomic E-state index is 11.9. The molecule has 2 aliphatic rings. The van der Waals surface area contributed by atoms with Gasteiger partial charge in [-0.1, -0.05) is 19.8 Å². The second-order valence-corrected chi connectivity index (χ2v) is 5.69. The quantitative estimate of drug-likeness (QED) is 0.808. The molecule has 1 aromatic rings. The zero-order chi connectivity index (χ0) is 11.8. The summed E-state index contributed by atoms with van der Waals surface area (Å²) in [6.07, 6.45) is 7.91. The van der Waals surface area contributed by atoms with E-state index in [1.165, 1.54) is 25.7 Å². The zero-order valence-electron chi connectivity index (χ0n) is 10.5. The monoisotopic (exact) mass is 232 g/mol. The van der Waals surface area contributed by atoms with Crippen LogP contribution < -0.4 is 5.56 Å². The molecule has 0 radical (unpaired) electrons. The van der Waals surface area contributed by atoms with Crippen molar-refractivity contribution in [2.24, 2.45) is 5.92 Å². The Morgan fingerprint density at radius 3 is 2.71 bits per heavy atom. The summed E-state index contributed by atoms with van der Waals surface area (Å²) >= 11 is 0. The molecule has 0 spiro atoms. The normalized spacial score (nSPS) is 28.1. The van der Waals surface area contributed by atoms with Crippen LogP contribution in [0.3, 0.4) is 0 Å². The largest absolute Gasteiger partial charge is 0.310 e. The summed E-state index contributed by atoms with van der Waals surface area (Å²) < 4.78 is 0. The fraction of sp³-hybridized carbons (Fsp3) is 0.714. The van der Waals surface area contributed by atoms with Crippen LogP contribution in [0.15, 0.2) is 4.79 Å². The summed E-state index contributed by atoms with van der Waals surface area (Å²) in [5.41, 5.74) is 2.14. The number of rotatable bonds is 1. The van der Waals surface area contributed by atoms with Gasteiger partial charge in [0.15, 0.2) is 0 Å². The molecule has 0 unspecified atom stereocenters. The van der Waals surface area contributed by atoms with Gasteiger partial charge in [0, 0.05) is 11.5 Å². The molecule has 1 heterocycles. The predicted molar refractivity (Wildman–Crippen MR) is 67.3 cm³/mol. The first-order chi connectivity index (χ1) is 8.24. The van der Waals surface area contributed by atoms with Gasteiger partial charge in [-0.15, -0.1) is 0 Å². The number of H-pyrrole nitrogens is 1. The molecule has 92 valence electrons. The lowest BCUT2D eigenvalue weighted by atomic mass is 9.82. The van der Waals surface area contributed by atoms with Crippen LogP contribution in [0, 0.1) is 5.92 Å². The SMILES string of the molecule is CC1CCC(c2nc3c(c(=O)[nH]2)CCC3)CC1. The van der Waals surface area contributed by atoms with Crippen molar-refractivity contribution in [3.8, 4) is 0 Å². The van der Waals surface area contributed by atoms with Crippen molar-refractivity contribution in [3.63, 3.8) is 0 Å². The third kappa shape index (κ3) is 2.03. The lowest BCUT2D eigenvalue weighted by Gasteiger charge is -2.25. The van der Waals surface area contributed by atoms with Gasteiger partial charge < -0.3 is 4.98 Å². The summed E-state index contributed by atoms with van der Waals surface area (Å²) in [6, 6.07) is 0. The Morgan fingerprint density at radius 2 is 1.94 bits per heavy atom. The lowest BCUT2D eigenvalue weighted by molar-refractivity contribution is 0.339. The van der Waals surface area contributed by atoms with Crippen LogP contribution in [0.4, 0.5) is 0 Å². The third-order valence-corrected chi connectivity index (χ3v) is 4.36. The Morgan fingerprint density at radius 1 is 1.18 bits per heavy atom. The number of nitrogens with zero attached hydrogens (tertiary/aromatic N) is 1. The molecule has 3 rings (SSSR count). The minimum Gasteiger partial charge on any atom is -0.310 e. The van der Waals surface area contributed by atoms with Gasteiger partial charge in [-0.3, -0.25) is 4.79 Å². The molecule has 0 aromatic carbocycles. The number of aryl methyl sites for hydroxylation is 1. The number of aromatic nitrogens is 2. The second kappa shape index (κ2) is 4.28. The molecular formula is C14H20N2O. The van der Waals surface area contributed by atoms with Gasteiger partial charge in [0.1, 0.15) is 5.82 Å². The van der Waals surface area contributed by atoms with Gasteiger partial charge in [-0.2, -0.15) is 0 Å². The van der Waals surface area contributed by atoms with E-state index in [1.807, 2.05) is 0 Å². The topological polar surface area (TPSA) is 45.8 Å². The standard InChI is InChI=1S/C14H20N2O/c1-9-5-7-10(8-6-9)13-15-12-4-2-3-11(12)14(17)16-13/h9-10H,2-8H2,1H3,(H,15,16,17). The van der Waals surface area contributed by atoms with Crippen molar-refractivity contribution >= 4 is 0 Å². The predicted octanol–water partition coefficient (Wildman–Crippen LogP) is 2.55. The van der Waals surface area contributed by atoms with Crippen LogP contribution in [0.2, 0.25) is 0 Å². The van der Waals surface area contributed by atoms with E-state index in [1.54, 1.807) is 0 Å². The van der Waals surface area contributed by atoms with Gasteiger partial charge in [0.2, 0.25) is 0 Å². The molecule has 1 fully saturated rings. The van der Waals surface area contributed by atoms with E-state index < -0.39 is 0 Å². The van der Waals surface area contributed by atoms with Gasteiger partial charge in [0.25, 0.3) is 5.56 Å². The van der Waals surface area contributed by atoms with E-state index in [9.17, 15) is 4.79 Å². The first-order valence-electron chi connectivity index (χ1n) is 6.86. The Hall–Kier alpha value is -1.12. The third-order valence-electron chi connectivity index (χ3n) is 4.36. The van der Waals surface area contributed by atoms with Crippen LogP contribution in [-0.4, -0.2) is 9.97 Å². The highest BCUT2D eigenvalue weighted by Crippen LogP contribution is 2.34. The van der Waals surface area contributed by atoms with Crippen LogP contribution in [0.1, 0.15) is 62.0 Å². The number of hydrogen-bond acceptors (Lipinski definition) is 2.